The Kier molecular flexibility index (Phi) is 5.45. The van der Waals surface area contributed by atoms with Gasteiger partial charge in [0.1, 0.15) is 5.76 Å². The zero-order valence-corrected chi connectivity index (χ0v) is 14.9. The highest BCUT2D eigenvalue weighted by Gasteiger charge is 2.17. The third kappa shape index (κ3) is 4.32. The van der Waals surface area contributed by atoms with E-state index in [-0.39, 0.29) is 6.03 Å². The summed E-state index contributed by atoms with van der Waals surface area (Å²) in [5.74, 6) is 0.718. The van der Waals surface area contributed by atoms with Crippen molar-refractivity contribution in [2.45, 2.75) is 13.1 Å². The van der Waals surface area contributed by atoms with Crippen LogP contribution in [-0.4, -0.2) is 10.9 Å². The first kappa shape index (κ1) is 16.9. The van der Waals surface area contributed by atoms with E-state index in [1.807, 2.05) is 23.6 Å². The number of halogens is 2. The Balaban J connectivity index is 1.75. The van der Waals surface area contributed by atoms with Crippen LogP contribution in [0.3, 0.4) is 0 Å². The van der Waals surface area contributed by atoms with E-state index in [9.17, 15) is 4.79 Å². The molecule has 2 amide bonds. The number of urea groups is 1. The number of nitrogens with one attached hydrogen (secondary N) is 1. The number of anilines is 1. The Hall–Kier alpha value is -1.95. The zero-order chi connectivity index (χ0) is 16.9. The van der Waals surface area contributed by atoms with Gasteiger partial charge in [-0.05, 0) is 41.8 Å². The highest BCUT2D eigenvalue weighted by molar-refractivity contribution is 7.09. The Labute approximate surface area is 153 Å². The molecule has 124 valence electrons. The van der Waals surface area contributed by atoms with Gasteiger partial charge >= 0.3 is 6.03 Å². The number of carbonyl (C=O) groups is 1. The highest BCUT2D eigenvalue weighted by atomic mass is 35.5. The number of nitrogens with zero attached hydrogens (tertiary/aromatic N) is 1. The minimum atomic E-state index is -0.238. The molecule has 0 radical (unpaired) electrons. The number of furan rings is 1. The molecule has 0 unspecified atom stereocenters. The minimum absolute atomic E-state index is 0.238. The summed E-state index contributed by atoms with van der Waals surface area (Å²) in [7, 11) is 0. The van der Waals surface area contributed by atoms with E-state index in [4.69, 9.17) is 27.6 Å². The van der Waals surface area contributed by atoms with Crippen LogP contribution in [0.25, 0.3) is 0 Å². The van der Waals surface area contributed by atoms with Gasteiger partial charge in [-0.1, -0.05) is 29.3 Å². The van der Waals surface area contributed by atoms with Crippen LogP contribution in [0.5, 0.6) is 0 Å². The Morgan fingerprint density at radius 3 is 2.67 bits per heavy atom. The van der Waals surface area contributed by atoms with Crippen molar-refractivity contribution in [3.05, 3.63) is 74.8 Å². The van der Waals surface area contributed by atoms with Gasteiger partial charge in [-0.25, -0.2) is 4.79 Å². The molecule has 7 heteroatoms. The summed E-state index contributed by atoms with van der Waals surface area (Å²) in [4.78, 5) is 15.4. The monoisotopic (exact) mass is 380 g/mol. The van der Waals surface area contributed by atoms with Crippen molar-refractivity contribution in [3.8, 4) is 0 Å². The van der Waals surface area contributed by atoms with Crippen LogP contribution in [0.15, 0.2) is 58.5 Å². The molecule has 2 heterocycles. The van der Waals surface area contributed by atoms with E-state index in [1.54, 1.807) is 46.8 Å². The molecule has 3 rings (SSSR count). The van der Waals surface area contributed by atoms with Crippen molar-refractivity contribution >= 4 is 46.3 Å². The number of thiophene rings is 1. The third-order valence-corrected chi connectivity index (χ3v) is 4.91. The van der Waals surface area contributed by atoms with E-state index in [0.29, 0.717) is 28.8 Å². The van der Waals surface area contributed by atoms with Crippen molar-refractivity contribution in [2.24, 2.45) is 0 Å². The first-order valence-electron chi connectivity index (χ1n) is 7.17. The number of benzene rings is 1. The standard InChI is InChI=1S/C17H14Cl2N2O2S/c18-15-6-5-12(9-16(15)19)20-17(22)21(10-13-3-1-7-23-13)11-14-4-2-8-24-14/h1-9H,10-11H2,(H,20,22). The van der Waals surface area contributed by atoms with Crippen LogP contribution < -0.4 is 5.32 Å². The number of carbonyl (C=O) groups excluding carboxylic acids is 1. The molecule has 4 nitrogen and oxygen atoms in total. The van der Waals surface area contributed by atoms with E-state index in [1.165, 1.54) is 0 Å². The quantitative estimate of drug-likeness (QED) is 0.600. The molecule has 0 saturated heterocycles. The molecule has 1 aromatic carbocycles. The molecule has 0 aliphatic rings. The summed E-state index contributed by atoms with van der Waals surface area (Å²) in [6.07, 6.45) is 1.59. The van der Waals surface area contributed by atoms with E-state index in [0.717, 1.165) is 10.6 Å². The second-order valence-electron chi connectivity index (χ2n) is 5.07. The van der Waals surface area contributed by atoms with Crippen molar-refractivity contribution in [1.29, 1.82) is 0 Å². The SMILES string of the molecule is O=C(Nc1ccc(Cl)c(Cl)c1)N(Cc1ccco1)Cc1cccs1. The van der Waals surface area contributed by atoms with Gasteiger partial charge in [0, 0.05) is 10.6 Å². The summed E-state index contributed by atoms with van der Waals surface area (Å²) in [6, 6.07) is 12.3. The van der Waals surface area contributed by atoms with Crippen molar-refractivity contribution in [2.75, 3.05) is 5.32 Å². The second-order valence-corrected chi connectivity index (χ2v) is 6.92. The number of hydrogen-bond donors (Lipinski definition) is 1. The van der Waals surface area contributed by atoms with Crippen molar-refractivity contribution in [3.63, 3.8) is 0 Å². The van der Waals surface area contributed by atoms with Crippen LogP contribution in [0.1, 0.15) is 10.6 Å². The Morgan fingerprint density at radius 2 is 2.00 bits per heavy atom. The molecule has 0 aliphatic carbocycles. The third-order valence-electron chi connectivity index (χ3n) is 3.31. The fourth-order valence-electron chi connectivity index (χ4n) is 2.16. The van der Waals surface area contributed by atoms with Gasteiger partial charge in [0.15, 0.2) is 0 Å². The average Bonchev–Trinajstić information content (AvgIpc) is 3.24. The maximum atomic E-state index is 12.7. The first-order chi connectivity index (χ1) is 11.6. The average molecular weight is 381 g/mol. The Morgan fingerprint density at radius 1 is 1.12 bits per heavy atom. The second kappa shape index (κ2) is 7.75. The molecule has 3 aromatic rings. The molecule has 24 heavy (non-hydrogen) atoms. The Bertz CT molecular complexity index is 768. The van der Waals surface area contributed by atoms with Gasteiger partial charge in [-0.3, -0.25) is 0 Å². The summed E-state index contributed by atoms with van der Waals surface area (Å²) >= 11 is 13.5. The summed E-state index contributed by atoms with van der Waals surface area (Å²) in [5, 5.41) is 5.66. The molecule has 0 spiro atoms. The highest BCUT2D eigenvalue weighted by Crippen LogP contribution is 2.25. The first-order valence-corrected chi connectivity index (χ1v) is 8.81. The van der Waals surface area contributed by atoms with Gasteiger partial charge in [-0.15, -0.1) is 11.3 Å². The molecule has 0 atom stereocenters. The smallest absolute Gasteiger partial charge is 0.322 e. The molecule has 0 saturated carbocycles. The predicted octanol–water partition coefficient (Wildman–Crippen LogP) is 5.88. The van der Waals surface area contributed by atoms with Gasteiger partial charge in [0.2, 0.25) is 0 Å². The maximum absolute atomic E-state index is 12.7. The largest absolute Gasteiger partial charge is 0.467 e. The number of amides is 2. The fourth-order valence-corrected chi connectivity index (χ4v) is 3.17. The lowest BCUT2D eigenvalue weighted by Crippen LogP contribution is -2.33. The topological polar surface area (TPSA) is 45.5 Å². The lowest BCUT2D eigenvalue weighted by Gasteiger charge is -2.21. The molecular weight excluding hydrogens is 367 g/mol. The number of hydrogen-bond acceptors (Lipinski definition) is 3. The molecule has 0 fully saturated rings. The van der Waals surface area contributed by atoms with Crippen molar-refractivity contribution in [1.82, 2.24) is 4.90 Å². The molecule has 0 bridgehead atoms. The summed E-state index contributed by atoms with van der Waals surface area (Å²) in [6.45, 7) is 0.865. The van der Waals surface area contributed by atoms with Crippen molar-refractivity contribution < 1.29 is 9.21 Å². The zero-order valence-electron chi connectivity index (χ0n) is 12.5. The minimum Gasteiger partial charge on any atom is -0.467 e. The maximum Gasteiger partial charge on any atom is 0.322 e. The normalized spacial score (nSPS) is 10.6. The van der Waals surface area contributed by atoms with E-state index >= 15 is 0 Å². The van der Waals surface area contributed by atoms with E-state index < -0.39 is 0 Å². The van der Waals surface area contributed by atoms with Gasteiger partial charge in [0.05, 0.1) is 29.4 Å². The van der Waals surface area contributed by atoms with Gasteiger partial charge < -0.3 is 14.6 Å². The predicted molar refractivity (Wildman–Crippen MR) is 97.8 cm³/mol. The fraction of sp³-hybridized carbons (Fsp3) is 0.118. The molecule has 2 aromatic heterocycles. The molecular formula is C17H14Cl2N2O2S. The lowest BCUT2D eigenvalue weighted by molar-refractivity contribution is 0.202. The van der Waals surface area contributed by atoms with Gasteiger partial charge in [-0.2, -0.15) is 0 Å². The summed E-state index contributed by atoms with van der Waals surface area (Å²) in [5.41, 5.74) is 0.588. The molecule has 1 N–H and O–H groups in total. The van der Waals surface area contributed by atoms with Crippen LogP contribution >= 0.6 is 34.5 Å². The molecule has 0 aliphatic heterocycles. The van der Waals surface area contributed by atoms with Crippen LogP contribution in [0.4, 0.5) is 10.5 Å². The number of rotatable bonds is 5. The van der Waals surface area contributed by atoms with Crippen LogP contribution in [0.2, 0.25) is 10.0 Å². The lowest BCUT2D eigenvalue weighted by atomic mass is 10.3. The van der Waals surface area contributed by atoms with Gasteiger partial charge in [0.25, 0.3) is 0 Å². The van der Waals surface area contributed by atoms with E-state index in [2.05, 4.69) is 5.32 Å². The summed E-state index contributed by atoms with van der Waals surface area (Å²) < 4.78 is 5.36. The van der Waals surface area contributed by atoms with Crippen LogP contribution in [-0.2, 0) is 13.1 Å². The van der Waals surface area contributed by atoms with Crippen LogP contribution in [0, 0.1) is 0 Å².